The van der Waals surface area contributed by atoms with E-state index >= 15 is 9.59 Å². The maximum Gasteiger partial charge on any atom is 0.246 e. The summed E-state index contributed by atoms with van der Waals surface area (Å²) >= 11 is 0. The Bertz CT molecular complexity index is 2270. The van der Waals surface area contributed by atoms with Crippen LogP contribution < -0.4 is 26.6 Å². The predicted molar refractivity (Wildman–Crippen MR) is 319 cm³/mol. The highest BCUT2D eigenvalue weighted by atomic mass is 16.3. The fraction of sp³-hybridized carbons (Fsp3) is 0.783. The standard InChI is InChI=1S/C60H107N11O12/c1-24-26-27-38(15)50(73)49-54(77)63-41(25-2)56(79)66(18)31-45(72)64-46(35(9)10)53(76)65-47(36(11)12)59(82)67(19)42(28-32(3)4)52(75)61-39(16)51(74)62-40(17)55(78)68(20)43(29-33(5)6)57(80)69(21)44(30-34(7)8)58(81)70(22)48(37(13)14)60(83)71(49)23/h24,26,32-44,46-50,73H,25,27-31H2,1-23H3,(H,61,75)(H,62,74)(H,63,77)(H,64,72)(H,65,76)/b26-24+/t38-,39?,40-,41?,42-,43+,44+,46?,47-,48+,49?,50-/m1/s1. The topological polar surface area (TPSA) is 288 Å². The van der Waals surface area contributed by atoms with E-state index in [1.165, 1.54) is 75.7 Å². The van der Waals surface area contributed by atoms with Crippen molar-refractivity contribution in [2.45, 2.75) is 216 Å². The normalized spacial score (nSPS) is 27.1. The van der Waals surface area contributed by atoms with Gasteiger partial charge in [0.25, 0.3) is 0 Å². The molecule has 1 saturated heterocycles. The summed E-state index contributed by atoms with van der Waals surface area (Å²) < 4.78 is 0. The van der Waals surface area contributed by atoms with Gasteiger partial charge in [0.05, 0.1) is 12.6 Å². The van der Waals surface area contributed by atoms with E-state index in [2.05, 4.69) is 26.6 Å². The molecule has 0 bridgehead atoms. The highest BCUT2D eigenvalue weighted by molar-refractivity contribution is 5.99. The minimum Gasteiger partial charge on any atom is -0.390 e. The van der Waals surface area contributed by atoms with Gasteiger partial charge in [0.2, 0.25) is 65.0 Å². The maximum atomic E-state index is 15.1. The van der Waals surface area contributed by atoms with Gasteiger partial charge in [0, 0.05) is 42.3 Å². The average Bonchev–Trinajstić information content (AvgIpc) is 3.53. The van der Waals surface area contributed by atoms with E-state index in [1.54, 1.807) is 74.5 Å². The Kier molecular flexibility index (Phi) is 30.7. The van der Waals surface area contributed by atoms with Crippen LogP contribution in [0.3, 0.4) is 0 Å². The number of allylic oxidation sites excluding steroid dienone is 2. The van der Waals surface area contributed by atoms with E-state index in [0.717, 1.165) is 9.80 Å². The molecule has 0 radical (unpaired) electrons. The van der Waals surface area contributed by atoms with Gasteiger partial charge in [-0.1, -0.05) is 109 Å². The van der Waals surface area contributed by atoms with E-state index in [1.807, 2.05) is 41.5 Å². The van der Waals surface area contributed by atoms with Crippen molar-refractivity contribution in [3.05, 3.63) is 12.2 Å². The SMILES string of the molecule is C/C=C/C[C@@H](C)[C@@H](O)C1C(=O)NC(CC)C(=O)N(C)CC(=O)NC(C(C)C)C(=O)N[C@H](C(C)C)C(=O)N(C)[C@H](CC(C)C)C(=O)NC(C)C(=O)N[C@H](C)C(=O)N(C)[C@@H](CC(C)C)C(=O)N(C)[C@@H](CC(C)C)C(=O)N(C)[C@@H](C(C)C)C(=O)N1C. The highest BCUT2D eigenvalue weighted by Crippen LogP contribution is 2.25. The van der Waals surface area contributed by atoms with Crippen molar-refractivity contribution < 1.29 is 57.8 Å². The summed E-state index contributed by atoms with van der Waals surface area (Å²) in [6.07, 6.45) is 2.87. The quantitative estimate of drug-likeness (QED) is 0.137. The lowest BCUT2D eigenvalue weighted by molar-refractivity contribution is -0.157. The molecule has 6 N–H and O–H groups in total. The van der Waals surface area contributed by atoms with Gasteiger partial charge in [-0.3, -0.25) is 52.7 Å². The number of hydrogen-bond donors (Lipinski definition) is 6. The zero-order chi connectivity index (χ0) is 64.4. The van der Waals surface area contributed by atoms with Gasteiger partial charge in [0.1, 0.15) is 60.4 Å². The summed E-state index contributed by atoms with van der Waals surface area (Å²) in [5.74, 6) is -10.3. The Balaban J connectivity index is 4.25. The molecule has 0 aromatic heterocycles. The van der Waals surface area contributed by atoms with Gasteiger partial charge in [-0.05, 0) is 94.3 Å². The molecular formula is C60H107N11O12. The number of amides is 11. The first kappa shape index (κ1) is 74.9. The van der Waals surface area contributed by atoms with Gasteiger partial charge in [-0.25, -0.2) is 0 Å². The summed E-state index contributed by atoms with van der Waals surface area (Å²) in [5.41, 5.74) is 0. The fourth-order valence-corrected chi connectivity index (χ4v) is 10.3. The number of aliphatic hydroxyl groups is 1. The molecule has 0 saturated carbocycles. The van der Waals surface area contributed by atoms with Crippen LogP contribution in [0.4, 0.5) is 0 Å². The molecule has 11 amide bonds. The molecule has 0 aromatic carbocycles. The second kappa shape index (κ2) is 34.0. The number of hydrogen-bond acceptors (Lipinski definition) is 12. The van der Waals surface area contributed by atoms with Gasteiger partial charge in [-0.15, -0.1) is 0 Å². The Morgan fingerprint density at radius 2 is 0.916 bits per heavy atom. The number of rotatable bonds is 14. The Hall–Kier alpha value is -6.13. The van der Waals surface area contributed by atoms with E-state index in [-0.39, 0.29) is 43.4 Å². The lowest BCUT2D eigenvalue weighted by Gasteiger charge is -2.41. The zero-order valence-corrected chi connectivity index (χ0v) is 54.4. The first-order valence-corrected chi connectivity index (χ1v) is 29.7. The largest absolute Gasteiger partial charge is 0.390 e. The zero-order valence-electron chi connectivity index (χ0n) is 54.4. The van der Waals surface area contributed by atoms with Crippen molar-refractivity contribution >= 4 is 65.0 Å². The summed E-state index contributed by atoms with van der Waals surface area (Å²) in [4.78, 5) is 166. The predicted octanol–water partition coefficient (Wildman–Crippen LogP) is 2.54. The molecule has 23 heteroatoms. The third-order valence-corrected chi connectivity index (χ3v) is 15.5. The van der Waals surface area contributed by atoms with Crippen molar-refractivity contribution in [2.24, 2.45) is 41.4 Å². The number of carbonyl (C=O) groups excluding carboxylic acids is 11. The molecule has 4 unspecified atom stereocenters. The third-order valence-electron chi connectivity index (χ3n) is 15.5. The number of likely N-dealkylation sites (N-methyl/N-ethyl adjacent to an activating group) is 6. The van der Waals surface area contributed by atoms with Crippen molar-refractivity contribution in [3.63, 3.8) is 0 Å². The van der Waals surface area contributed by atoms with Crippen molar-refractivity contribution in [1.29, 1.82) is 0 Å². The molecular weight excluding hydrogens is 1070 g/mol. The number of nitrogens with one attached hydrogen (secondary N) is 5. The minimum atomic E-state index is -1.61. The van der Waals surface area contributed by atoms with E-state index in [9.17, 15) is 48.3 Å². The molecule has 474 valence electrons. The number of aliphatic hydroxyl groups excluding tert-OH is 1. The van der Waals surface area contributed by atoms with Gasteiger partial charge >= 0.3 is 0 Å². The monoisotopic (exact) mass is 1170 g/mol. The van der Waals surface area contributed by atoms with Crippen LogP contribution in [0, 0.1) is 41.4 Å². The summed E-state index contributed by atoms with van der Waals surface area (Å²) in [6.45, 7) is 28.8. The van der Waals surface area contributed by atoms with Crippen LogP contribution in [-0.2, 0) is 52.7 Å². The van der Waals surface area contributed by atoms with Crippen LogP contribution in [0.2, 0.25) is 0 Å². The number of carbonyl (C=O) groups is 11. The molecule has 1 aliphatic heterocycles. The van der Waals surface area contributed by atoms with Crippen LogP contribution in [0.25, 0.3) is 0 Å². The molecule has 1 fully saturated rings. The van der Waals surface area contributed by atoms with E-state index in [0.29, 0.717) is 6.42 Å². The summed E-state index contributed by atoms with van der Waals surface area (Å²) in [5, 5.41) is 25.6. The molecule has 0 spiro atoms. The third kappa shape index (κ3) is 21.2. The van der Waals surface area contributed by atoms with Crippen LogP contribution >= 0.6 is 0 Å². The Labute approximate surface area is 495 Å². The molecule has 1 heterocycles. The fourth-order valence-electron chi connectivity index (χ4n) is 10.3. The molecule has 1 rings (SSSR count). The van der Waals surface area contributed by atoms with Crippen LogP contribution in [0.1, 0.15) is 150 Å². The van der Waals surface area contributed by atoms with Gasteiger partial charge in [-0.2, -0.15) is 0 Å². The lowest BCUT2D eigenvalue weighted by atomic mass is 9.91. The average molecular weight is 1170 g/mol. The molecule has 0 aliphatic carbocycles. The molecule has 12 atom stereocenters. The van der Waals surface area contributed by atoms with Crippen molar-refractivity contribution in [1.82, 2.24) is 56.0 Å². The van der Waals surface area contributed by atoms with E-state index in [4.69, 9.17) is 0 Å². The summed E-state index contributed by atoms with van der Waals surface area (Å²) in [6, 6.07) is -12.4. The van der Waals surface area contributed by atoms with Crippen LogP contribution in [0.15, 0.2) is 12.2 Å². The van der Waals surface area contributed by atoms with Crippen molar-refractivity contribution in [2.75, 3.05) is 48.8 Å². The minimum absolute atomic E-state index is 0.0191. The first-order valence-electron chi connectivity index (χ1n) is 29.7. The second-order valence-corrected chi connectivity index (χ2v) is 25.2. The lowest BCUT2D eigenvalue weighted by Crippen LogP contribution is -2.63. The van der Waals surface area contributed by atoms with Crippen LogP contribution in [-0.4, -0.2) is 215 Å². The van der Waals surface area contributed by atoms with Crippen LogP contribution in [0.5, 0.6) is 0 Å². The molecule has 0 aromatic rings. The number of nitrogens with zero attached hydrogens (tertiary/aromatic N) is 6. The molecule has 23 nitrogen and oxygen atoms in total. The second-order valence-electron chi connectivity index (χ2n) is 25.2. The molecule has 1 aliphatic rings. The van der Waals surface area contributed by atoms with Gasteiger partial charge < -0.3 is 61.1 Å². The first-order chi connectivity index (χ1) is 38.3. The van der Waals surface area contributed by atoms with E-state index < -0.39 is 162 Å². The molecule has 83 heavy (non-hydrogen) atoms. The highest BCUT2D eigenvalue weighted by Gasteiger charge is 2.45. The Morgan fingerprint density at radius 3 is 1.37 bits per heavy atom. The smallest absolute Gasteiger partial charge is 0.246 e. The van der Waals surface area contributed by atoms with Crippen molar-refractivity contribution in [3.8, 4) is 0 Å². The Morgan fingerprint density at radius 1 is 0.470 bits per heavy atom. The van der Waals surface area contributed by atoms with Gasteiger partial charge in [0.15, 0.2) is 0 Å². The summed E-state index contributed by atoms with van der Waals surface area (Å²) in [7, 11) is 8.44. The maximum absolute atomic E-state index is 15.1.